The molecule has 2 atom stereocenters. The second-order valence-electron chi connectivity index (χ2n) is 5.03. The van der Waals surface area contributed by atoms with Gasteiger partial charge in [0.2, 0.25) is 0 Å². The van der Waals surface area contributed by atoms with E-state index in [0.29, 0.717) is 6.04 Å². The molecule has 1 saturated carbocycles. The Morgan fingerprint density at radius 3 is 2.60 bits per heavy atom. The summed E-state index contributed by atoms with van der Waals surface area (Å²) in [4.78, 5) is 2.27. The minimum Gasteiger partial charge on any atom is -0.312 e. The van der Waals surface area contributed by atoms with Crippen molar-refractivity contribution in [2.24, 2.45) is 5.92 Å². The Balaban J connectivity index is 2.21. The van der Waals surface area contributed by atoms with Crippen LogP contribution in [0.5, 0.6) is 0 Å². The summed E-state index contributed by atoms with van der Waals surface area (Å²) in [6.07, 6.45) is 7.28. The molecular weight excluding hydrogens is 184 g/mol. The maximum absolute atomic E-state index is 3.80. The summed E-state index contributed by atoms with van der Waals surface area (Å²) in [5.74, 6) is 0.944. The van der Waals surface area contributed by atoms with E-state index in [-0.39, 0.29) is 0 Å². The molecule has 1 aliphatic rings. The van der Waals surface area contributed by atoms with Crippen LogP contribution in [0.25, 0.3) is 0 Å². The average molecular weight is 210 g/mol. The van der Waals surface area contributed by atoms with Gasteiger partial charge >= 0.3 is 0 Å². The van der Waals surface area contributed by atoms with Crippen LogP contribution < -0.4 is 5.32 Å². The molecule has 0 aliphatic heterocycles. The van der Waals surface area contributed by atoms with Gasteiger partial charge in [-0.1, -0.05) is 6.08 Å². The Morgan fingerprint density at radius 2 is 2.13 bits per heavy atom. The van der Waals surface area contributed by atoms with Crippen LogP contribution in [0.2, 0.25) is 0 Å². The molecule has 1 N–H and O–H groups in total. The third kappa shape index (κ3) is 4.80. The van der Waals surface area contributed by atoms with E-state index in [1.165, 1.54) is 19.3 Å². The Bertz CT molecular complexity index is 185. The number of hydrogen-bond donors (Lipinski definition) is 1. The van der Waals surface area contributed by atoms with E-state index in [1.54, 1.807) is 0 Å². The van der Waals surface area contributed by atoms with Gasteiger partial charge in [-0.15, -0.1) is 6.58 Å². The lowest BCUT2D eigenvalue weighted by Crippen LogP contribution is -2.41. The lowest BCUT2D eigenvalue weighted by atomic mass is 10.1. The molecule has 2 nitrogen and oxygen atoms in total. The van der Waals surface area contributed by atoms with Crippen molar-refractivity contribution in [3.8, 4) is 0 Å². The number of allylic oxidation sites excluding steroid dienone is 1. The molecule has 0 spiro atoms. The number of nitrogens with one attached hydrogen (secondary N) is 1. The molecule has 0 aromatic carbocycles. The summed E-state index contributed by atoms with van der Waals surface area (Å²) in [5, 5.41) is 3.71. The normalized spacial score (nSPS) is 20.3. The lowest BCUT2D eigenvalue weighted by Gasteiger charge is -2.24. The van der Waals surface area contributed by atoms with Crippen LogP contribution in [-0.2, 0) is 0 Å². The second kappa shape index (κ2) is 6.29. The third-order valence-corrected chi connectivity index (χ3v) is 3.43. The minimum atomic E-state index is 0.620. The van der Waals surface area contributed by atoms with E-state index in [2.05, 4.69) is 37.8 Å². The standard InChI is InChI=1S/C13H26N2/c1-5-6-7-13(12-8-9-12)14-10-11(2)15(3)4/h5,11-14H,1,6-10H2,2-4H3. The van der Waals surface area contributed by atoms with Crippen LogP contribution in [-0.4, -0.2) is 37.6 Å². The number of hydrogen-bond acceptors (Lipinski definition) is 2. The highest BCUT2D eigenvalue weighted by atomic mass is 15.1. The van der Waals surface area contributed by atoms with Gasteiger partial charge in [-0.25, -0.2) is 0 Å². The van der Waals surface area contributed by atoms with Crippen molar-refractivity contribution in [3.63, 3.8) is 0 Å². The smallest absolute Gasteiger partial charge is 0.0186 e. The van der Waals surface area contributed by atoms with Crippen LogP contribution >= 0.6 is 0 Å². The lowest BCUT2D eigenvalue weighted by molar-refractivity contribution is 0.284. The molecule has 1 aliphatic carbocycles. The van der Waals surface area contributed by atoms with Gasteiger partial charge in [0.1, 0.15) is 0 Å². The van der Waals surface area contributed by atoms with Crippen molar-refractivity contribution in [2.75, 3.05) is 20.6 Å². The summed E-state index contributed by atoms with van der Waals surface area (Å²) >= 11 is 0. The molecular formula is C13H26N2. The van der Waals surface area contributed by atoms with E-state index in [0.717, 1.165) is 24.9 Å². The van der Waals surface area contributed by atoms with Gasteiger partial charge < -0.3 is 10.2 Å². The fourth-order valence-corrected chi connectivity index (χ4v) is 1.80. The topological polar surface area (TPSA) is 15.3 Å². The fraction of sp³-hybridized carbons (Fsp3) is 0.846. The van der Waals surface area contributed by atoms with Crippen LogP contribution in [0.1, 0.15) is 32.6 Å². The fourth-order valence-electron chi connectivity index (χ4n) is 1.80. The van der Waals surface area contributed by atoms with Gasteiger partial charge in [-0.2, -0.15) is 0 Å². The van der Waals surface area contributed by atoms with Crippen molar-refractivity contribution in [1.82, 2.24) is 10.2 Å². The zero-order chi connectivity index (χ0) is 11.3. The number of likely N-dealkylation sites (N-methyl/N-ethyl adjacent to an activating group) is 1. The molecule has 0 aromatic heterocycles. The first-order valence-corrected chi connectivity index (χ1v) is 6.16. The van der Waals surface area contributed by atoms with E-state index < -0.39 is 0 Å². The van der Waals surface area contributed by atoms with Gasteiger partial charge in [-0.3, -0.25) is 0 Å². The zero-order valence-corrected chi connectivity index (χ0v) is 10.5. The first kappa shape index (κ1) is 12.7. The summed E-state index contributed by atoms with van der Waals surface area (Å²) in [7, 11) is 4.28. The highest BCUT2D eigenvalue weighted by Gasteiger charge is 2.30. The van der Waals surface area contributed by atoms with Crippen molar-refractivity contribution in [2.45, 2.75) is 44.7 Å². The first-order valence-electron chi connectivity index (χ1n) is 6.16. The minimum absolute atomic E-state index is 0.620. The average Bonchev–Trinajstić information content (AvgIpc) is 3.01. The van der Waals surface area contributed by atoms with Gasteiger partial charge in [0.25, 0.3) is 0 Å². The van der Waals surface area contributed by atoms with E-state index >= 15 is 0 Å². The molecule has 1 fully saturated rings. The summed E-state index contributed by atoms with van der Waals surface area (Å²) in [6, 6.07) is 1.35. The Labute approximate surface area is 94.7 Å². The SMILES string of the molecule is C=CCCC(NCC(C)N(C)C)C1CC1. The molecule has 88 valence electrons. The first-order chi connectivity index (χ1) is 7.15. The molecule has 1 rings (SSSR count). The Kier molecular flexibility index (Phi) is 5.34. The van der Waals surface area contributed by atoms with E-state index in [1.807, 2.05) is 6.08 Å². The summed E-state index contributed by atoms with van der Waals surface area (Å²) in [5.41, 5.74) is 0. The van der Waals surface area contributed by atoms with Crippen molar-refractivity contribution < 1.29 is 0 Å². The van der Waals surface area contributed by atoms with E-state index in [4.69, 9.17) is 0 Å². The molecule has 0 radical (unpaired) electrons. The molecule has 2 heteroatoms. The van der Waals surface area contributed by atoms with Crippen LogP contribution in [0.3, 0.4) is 0 Å². The predicted molar refractivity (Wildman–Crippen MR) is 67.1 cm³/mol. The Hall–Kier alpha value is -0.340. The monoisotopic (exact) mass is 210 g/mol. The van der Waals surface area contributed by atoms with Gasteiger partial charge in [0, 0.05) is 18.6 Å². The molecule has 2 unspecified atom stereocenters. The molecule has 0 heterocycles. The van der Waals surface area contributed by atoms with Gasteiger partial charge in [0.05, 0.1) is 0 Å². The zero-order valence-electron chi connectivity index (χ0n) is 10.5. The van der Waals surface area contributed by atoms with Crippen molar-refractivity contribution in [3.05, 3.63) is 12.7 Å². The molecule has 0 bridgehead atoms. The second-order valence-corrected chi connectivity index (χ2v) is 5.03. The number of nitrogens with zero attached hydrogens (tertiary/aromatic N) is 1. The Morgan fingerprint density at radius 1 is 1.47 bits per heavy atom. The molecule has 15 heavy (non-hydrogen) atoms. The van der Waals surface area contributed by atoms with E-state index in [9.17, 15) is 0 Å². The predicted octanol–water partition coefficient (Wildman–Crippen LogP) is 2.27. The van der Waals surface area contributed by atoms with Crippen LogP contribution in [0, 0.1) is 5.92 Å². The van der Waals surface area contributed by atoms with Crippen LogP contribution in [0.4, 0.5) is 0 Å². The maximum Gasteiger partial charge on any atom is 0.0186 e. The molecule has 0 amide bonds. The van der Waals surface area contributed by atoms with Gasteiger partial charge in [0.15, 0.2) is 0 Å². The summed E-state index contributed by atoms with van der Waals surface area (Å²) in [6.45, 7) is 7.17. The maximum atomic E-state index is 3.80. The van der Waals surface area contributed by atoms with Crippen molar-refractivity contribution >= 4 is 0 Å². The highest BCUT2D eigenvalue weighted by Crippen LogP contribution is 2.34. The largest absolute Gasteiger partial charge is 0.312 e. The third-order valence-electron chi connectivity index (χ3n) is 3.43. The summed E-state index contributed by atoms with van der Waals surface area (Å²) < 4.78 is 0. The quantitative estimate of drug-likeness (QED) is 0.618. The van der Waals surface area contributed by atoms with Gasteiger partial charge in [-0.05, 0) is 52.6 Å². The number of rotatable bonds is 8. The molecule has 0 aromatic rings. The highest BCUT2D eigenvalue weighted by molar-refractivity contribution is 4.88. The molecule has 0 saturated heterocycles. The van der Waals surface area contributed by atoms with Crippen molar-refractivity contribution in [1.29, 1.82) is 0 Å². The van der Waals surface area contributed by atoms with Crippen LogP contribution in [0.15, 0.2) is 12.7 Å².